The van der Waals surface area contributed by atoms with Crippen molar-refractivity contribution in [2.75, 3.05) is 11.9 Å². The first-order valence-corrected chi connectivity index (χ1v) is 5.38. The fourth-order valence-electron chi connectivity index (χ4n) is 1.24. The molecular weight excluding hydrogens is 233 g/mol. The van der Waals surface area contributed by atoms with Gasteiger partial charge in [0.15, 0.2) is 0 Å². The summed E-state index contributed by atoms with van der Waals surface area (Å²) in [5.74, 6) is -1.23. The average Bonchev–Trinajstić information content (AvgIpc) is 2.22. The minimum Gasteiger partial charge on any atom is -0.481 e. The highest BCUT2D eigenvalue weighted by Gasteiger charge is 2.00. The van der Waals surface area contributed by atoms with E-state index in [-0.39, 0.29) is 11.4 Å². The molecule has 0 atom stereocenters. The molecule has 0 bridgehead atoms. The first-order valence-electron chi connectivity index (χ1n) is 5.00. The molecule has 0 aliphatic heterocycles. The number of anilines is 1. The monoisotopic (exact) mass is 245 g/mol. The summed E-state index contributed by atoms with van der Waals surface area (Å²) in [5, 5.41) is 11.5. The topological polar surface area (TPSA) is 49.3 Å². The van der Waals surface area contributed by atoms with Gasteiger partial charge in [-0.1, -0.05) is 11.6 Å². The number of aliphatic carboxylic acids is 1. The van der Waals surface area contributed by atoms with E-state index in [9.17, 15) is 9.18 Å². The Labute approximate surface area is 98.2 Å². The predicted molar refractivity (Wildman–Crippen MR) is 61.4 cm³/mol. The summed E-state index contributed by atoms with van der Waals surface area (Å²) in [6.07, 6.45) is 1.55. The minimum atomic E-state index is -0.787. The van der Waals surface area contributed by atoms with Crippen LogP contribution in [0.3, 0.4) is 0 Å². The van der Waals surface area contributed by atoms with Gasteiger partial charge < -0.3 is 10.4 Å². The quantitative estimate of drug-likeness (QED) is 0.757. The Balaban J connectivity index is 2.27. The Morgan fingerprint density at radius 3 is 2.81 bits per heavy atom. The molecule has 88 valence electrons. The number of rotatable bonds is 6. The standard InChI is InChI=1S/C11H13ClFNO2/c12-9-7-8(4-5-10(9)13)14-6-2-1-3-11(15)16/h4-5,7,14H,1-3,6H2,(H,15,16). The van der Waals surface area contributed by atoms with Crippen molar-refractivity contribution in [3.8, 4) is 0 Å². The van der Waals surface area contributed by atoms with Gasteiger partial charge in [-0.15, -0.1) is 0 Å². The third-order valence-electron chi connectivity index (χ3n) is 2.07. The van der Waals surface area contributed by atoms with Crippen molar-refractivity contribution >= 4 is 23.3 Å². The summed E-state index contributed by atoms with van der Waals surface area (Å²) in [6.45, 7) is 0.648. The van der Waals surface area contributed by atoms with Gasteiger partial charge in [0.2, 0.25) is 0 Å². The molecule has 0 aromatic heterocycles. The van der Waals surface area contributed by atoms with Gasteiger partial charge in [-0.3, -0.25) is 4.79 Å². The number of carbonyl (C=O) groups is 1. The summed E-state index contributed by atoms with van der Waals surface area (Å²) >= 11 is 5.60. The number of halogens is 2. The van der Waals surface area contributed by atoms with Crippen LogP contribution in [0.4, 0.5) is 10.1 Å². The Kier molecular flexibility index (Phi) is 5.05. The van der Waals surface area contributed by atoms with Crippen molar-refractivity contribution in [1.82, 2.24) is 0 Å². The van der Waals surface area contributed by atoms with Gasteiger partial charge in [0.1, 0.15) is 5.82 Å². The van der Waals surface area contributed by atoms with Crippen molar-refractivity contribution in [1.29, 1.82) is 0 Å². The molecule has 3 nitrogen and oxygen atoms in total. The van der Waals surface area contributed by atoms with E-state index in [1.54, 1.807) is 6.07 Å². The third kappa shape index (κ3) is 4.49. The number of nitrogens with one attached hydrogen (secondary N) is 1. The van der Waals surface area contributed by atoms with Crippen LogP contribution in [0, 0.1) is 5.82 Å². The van der Waals surface area contributed by atoms with E-state index >= 15 is 0 Å². The summed E-state index contributed by atoms with van der Waals surface area (Å²) in [7, 11) is 0. The number of benzene rings is 1. The maximum absolute atomic E-state index is 12.8. The lowest BCUT2D eigenvalue weighted by atomic mass is 10.2. The maximum atomic E-state index is 12.8. The molecule has 0 amide bonds. The van der Waals surface area contributed by atoms with Crippen LogP contribution >= 0.6 is 11.6 Å². The zero-order valence-electron chi connectivity index (χ0n) is 8.67. The third-order valence-corrected chi connectivity index (χ3v) is 2.36. The van der Waals surface area contributed by atoms with Crippen molar-refractivity contribution < 1.29 is 14.3 Å². The van der Waals surface area contributed by atoms with E-state index in [0.29, 0.717) is 13.0 Å². The van der Waals surface area contributed by atoms with Gasteiger partial charge in [0.05, 0.1) is 5.02 Å². The SMILES string of the molecule is O=C(O)CCCCNc1ccc(F)c(Cl)c1. The van der Waals surface area contributed by atoms with Gasteiger partial charge in [-0.05, 0) is 31.0 Å². The second kappa shape index (κ2) is 6.33. The lowest BCUT2D eigenvalue weighted by Crippen LogP contribution is -2.03. The van der Waals surface area contributed by atoms with Crippen molar-refractivity contribution in [2.45, 2.75) is 19.3 Å². The fraction of sp³-hybridized carbons (Fsp3) is 0.364. The molecule has 1 aromatic rings. The van der Waals surface area contributed by atoms with E-state index in [1.165, 1.54) is 12.1 Å². The normalized spacial score (nSPS) is 10.1. The molecule has 0 fully saturated rings. The molecule has 0 saturated heterocycles. The van der Waals surface area contributed by atoms with E-state index in [2.05, 4.69) is 5.32 Å². The Morgan fingerprint density at radius 1 is 1.44 bits per heavy atom. The number of unbranched alkanes of at least 4 members (excludes halogenated alkanes) is 1. The highest BCUT2D eigenvalue weighted by atomic mass is 35.5. The van der Waals surface area contributed by atoms with Gasteiger partial charge in [0, 0.05) is 18.7 Å². The molecule has 5 heteroatoms. The van der Waals surface area contributed by atoms with Crippen molar-refractivity contribution in [3.05, 3.63) is 29.0 Å². The Hall–Kier alpha value is -1.29. The van der Waals surface area contributed by atoms with Gasteiger partial charge in [-0.25, -0.2) is 4.39 Å². The van der Waals surface area contributed by atoms with Crippen molar-refractivity contribution in [2.24, 2.45) is 0 Å². The molecule has 0 saturated carbocycles. The lowest BCUT2D eigenvalue weighted by molar-refractivity contribution is -0.137. The zero-order chi connectivity index (χ0) is 12.0. The smallest absolute Gasteiger partial charge is 0.303 e. The summed E-state index contributed by atoms with van der Waals surface area (Å²) in [5.41, 5.74) is 0.738. The number of carboxylic acid groups (broad SMARTS) is 1. The highest BCUT2D eigenvalue weighted by molar-refractivity contribution is 6.31. The Bertz CT molecular complexity index is 371. The fourth-order valence-corrected chi connectivity index (χ4v) is 1.42. The van der Waals surface area contributed by atoms with Crippen LogP contribution in [-0.2, 0) is 4.79 Å². The van der Waals surface area contributed by atoms with E-state index in [0.717, 1.165) is 12.1 Å². The minimum absolute atomic E-state index is 0.0792. The molecule has 0 aliphatic carbocycles. The van der Waals surface area contributed by atoms with E-state index < -0.39 is 11.8 Å². The first-order chi connectivity index (χ1) is 7.59. The second-order valence-corrected chi connectivity index (χ2v) is 3.81. The largest absolute Gasteiger partial charge is 0.481 e. The second-order valence-electron chi connectivity index (χ2n) is 3.41. The molecule has 0 aliphatic rings. The van der Waals surface area contributed by atoms with Crippen LogP contribution in [0.5, 0.6) is 0 Å². The van der Waals surface area contributed by atoms with Gasteiger partial charge >= 0.3 is 5.97 Å². The molecule has 0 spiro atoms. The van der Waals surface area contributed by atoms with Gasteiger partial charge in [-0.2, -0.15) is 0 Å². The molecular formula is C11H13ClFNO2. The summed E-state index contributed by atoms with van der Waals surface area (Å²) < 4.78 is 12.8. The van der Waals surface area contributed by atoms with Crippen LogP contribution in [0.2, 0.25) is 5.02 Å². The van der Waals surface area contributed by atoms with Crippen LogP contribution in [0.15, 0.2) is 18.2 Å². The van der Waals surface area contributed by atoms with Crippen LogP contribution in [0.25, 0.3) is 0 Å². The highest BCUT2D eigenvalue weighted by Crippen LogP contribution is 2.19. The molecule has 0 unspecified atom stereocenters. The van der Waals surface area contributed by atoms with Gasteiger partial charge in [0.25, 0.3) is 0 Å². The van der Waals surface area contributed by atoms with E-state index in [4.69, 9.17) is 16.7 Å². The van der Waals surface area contributed by atoms with Crippen molar-refractivity contribution in [3.63, 3.8) is 0 Å². The van der Waals surface area contributed by atoms with Crippen LogP contribution in [-0.4, -0.2) is 17.6 Å². The molecule has 1 aromatic carbocycles. The molecule has 0 heterocycles. The molecule has 2 N–H and O–H groups in total. The molecule has 0 radical (unpaired) electrons. The maximum Gasteiger partial charge on any atom is 0.303 e. The lowest BCUT2D eigenvalue weighted by Gasteiger charge is -2.06. The predicted octanol–water partition coefficient (Wildman–Crippen LogP) is 3.15. The average molecular weight is 246 g/mol. The zero-order valence-corrected chi connectivity index (χ0v) is 9.43. The Morgan fingerprint density at radius 2 is 2.19 bits per heavy atom. The van der Waals surface area contributed by atoms with Crippen LogP contribution in [0.1, 0.15) is 19.3 Å². The van der Waals surface area contributed by atoms with E-state index in [1.807, 2.05) is 0 Å². The van der Waals surface area contributed by atoms with Crippen LogP contribution < -0.4 is 5.32 Å². The number of hydrogen-bond donors (Lipinski definition) is 2. The summed E-state index contributed by atoms with van der Waals surface area (Å²) in [4.78, 5) is 10.2. The number of hydrogen-bond acceptors (Lipinski definition) is 2. The number of carboxylic acids is 1. The summed E-state index contributed by atoms with van der Waals surface area (Å²) in [6, 6.07) is 4.40. The molecule has 16 heavy (non-hydrogen) atoms. The first kappa shape index (κ1) is 12.8. The molecule has 1 rings (SSSR count).